The van der Waals surface area contributed by atoms with E-state index in [0.717, 1.165) is 18.9 Å². The van der Waals surface area contributed by atoms with Crippen molar-refractivity contribution in [3.63, 3.8) is 0 Å². The van der Waals surface area contributed by atoms with Crippen LogP contribution in [-0.2, 0) is 13.6 Å². The molecule has 112 valence electrons. The Morgan fingerprint density at radius 1 is 1.55 bits per heavy atom. The van der Waals surface area contributed by atoms with E-state index in [2.05, 4.69) is 15.2 Å². The lowest BCUT2D eigenvalue weighted by atomic mass is 10.2. The highest BCUT2D eigenvalue weighted by molar-refractivity contribution is 7.99. The molecule has 0 aliphatic carbocycles. The van der Waals surface area contributed by atoms with E-state index in [-0.39, 0.29) is 0 Å². The van der Waals surface area contributed by atoms with Crippen LogP contribution in [0.25, 0.3) is 0 Å². The highest BCUT2D eigenvalue weighted by Gasteiger charge is 2.33. The van der Waals surface area contributed by atoms with E-state index in [1.807, 2.05) is 29.6 Å². The largest absolute Gasteiger partial charge is 0.337 e. The number of nitrogens with zero attached hydrogens (tertiary/aromatic N) is 3. The molecule has 0 amide bonds. The summed E-state index contributed by atoms with van der Waals surface area (Å²) in [6.07, 6.45) is 4.95. The fourth-order valence-electron chi connectivity index (χ4n) is 3.06. The number of nitrogens with one attached hydrogen (secondary N) is 1. The van der Waals surface area contributed by atoms with Crippen LogP contribution >= 0.6 is 11.8 Å². The number of alkyl halides is 1. The zero-order valence-corrected chi connectivity index (χ0v) is 12.8. The summed E-state index contributed by atoms with van der Waals surface area (Å²) in [6.45, 7) is 2.18. The van der Waals surface area contributed by atoms with Gasteiger partial charge in [-0.2, -0.15) is 11.8 Å². The monoisotopic (exact) mass is 298 g/mol. The minimum atomic E-state index is -0.694. The van der Waals surface area contributed by atoms with Gasteiger partial charge in [-0.25, -0.2) is 9.37 Å². The maximum atomic E-state index is 13.8. The van der Waals surface area contributed by atoms with Crippen LogP contribution in [0.15, 0.2) is 12.4 Å². The van der Waals surface area contributed by atoms with Crippen LogP contribution in [0.1, 0.15) is 18.7 Å². The molecule has 0 spiro atoms. The zero-order chi connectivity index (χ0) is 13.9. The molecular weight excluding hydrogens is 275 g/mol. The second-order valence-electron chi connectivity index (χ2n) is 5.84. The summed E-state index contributed by atoms with van der Waals surface area (Å²) in [4.78, 5) is 6.59. The number of aryl methyl sites for hydroxylation is 1. The summed E-state index contributed by atoms with van der Waals surface area (Å²) in [5.74, 6) is 3.47. The SMILES string of the molecule is Cn1ccnc1CN1C[C@@H](F)C[C@H]1CN[C@H]1CCSC1. The van der Waals surface area contributed by atoms with Gasteiger partial charge in [0.15, 0.2) is 0 Å². The maximum Gasteiger partial charge on any atom is 0.122 e. The van der Waals surface area contributed by atoms with Gasteiger partial charge in [0.05, 0.1) is 6.54 Å². The van der Waals surface area contributed by atoms with E-state index in [0.29, 0.717) is 25.0 Å². The van der Waals surface area contributed by atoms with Crippen molar-refractivity contribution in [3.05, 3.63) is 18.2 Å². The summed E-state index contributed by atoms with van der Waals surface area (Å²) in [5.41, 5.74) is 0. The standard InChI is InChI=1S/C14H23FN4S/c1-18-4-3-16-14(18)9-19-8-11(15)6-13(19)7-17-12-2-5-20-10-12/h3-4,11-13,17H,2,5-10H2,1H3/t11-,12-,13-/m0/s1. The van der Waals surface area contributed by atoms with Gasteiger partial charge in [0.1, 0.15) is 12.0 Å². The molecule has 2 aliphatic rings. The van der Waals surface area contributed by atoms with Crippen molar-refractivity contribution >= 4 is 11.8 Å². The molecule has 1 aromatic rings. The van der Waals surface area contributed by atoms with Crippen molar-refractivity contribution in [2.45, 2.75) is 37.6 Å². The second-order valence-corrected chi connectivity index (χ2v) is 6.99. The van der Waals surface area contributed by atoms with E-state index in [9.17, 15) is 4.39 Å². The molecule has 0 aromatic carbocycles. The van der Waals surface area contributed by atoms with Gasteiger partial charge in [0, 0.05) is 50.4 Å². The lowest BCUT2D eigenvalue weighted by Crippen LogP contribution is -2.41. The van der Waals surface area contributed by atoms with Crippen molar-refractivity contribution in [2.24, 2.45) is 7.05 Å². The Hall–Kier alpha value is -0.590. The molecule has 6 heteroatoms. The van der Waals surface area contributed by atoms with Gasteiger partial charge in [0.25, 0.3) is 0 Å². The number of thioether (sulfide) groups is 1. The van der Waals surface area contributed by atoms with E-state index >= 15 is 0 Å². The van der Waals surface area contributed by atoms with Crippen LogP contribution in [-0.4, -0.2) is 57.3 Å². The van der Waals surface area contributed by atoms with E-state index < -0.39 is 6.17 Å². The average molecular weight is 298 g/mol. The summed E-state index contributed by atoms with van der Waals surface area (Å²) >= 11 is 2.01. The van der Waals surface area contributed by atoms with Crippen LogP contribution in [0.3, 0.4) is 0 Å². The molecular formula is C14H23FN4S. The van der Waals surface area contributed by atoms with Crippen LogP contribution in [0.2, 0.25) is 0 Å². The summed E-state index contributed by atoms with van der Waals surface area (Å²) < 4.78 is 15.8. The van der Waals surface area contributed by atoms with Crippen molar-refractivity contribution < 1.29 is 4.39 Å². The predicted molar refractivity (Wildman–Crippen MR) is 80.7 cm³/mol. The van der Waals surface area contributed by atoms with E-state index in [4.69, 9.17) is 0 Å². The molecule has 3 atom stereocenters. The van der Waals surface area contributed by atoms with Gasteiger partial charge in [-0.05, 0) is 18.6 Å². The smallest absolute Gasteiger partial charge is 0.122 e. The maximum absolute atomic E-state index is 13.8. The van der Waals surface area contributed by atoms with Gasteiger partial charge in [-0.3, -0.25) is 4.90 Å². The molecule has 0 radical (unpaired) electrons. The van der Waals surface area contributed by atoms with Crippen LogP contribution in [0.4, 0.5) is 4.39 Å². The quantitative estimate of drug-likeness (QED) is 0.891. The van der Waals surface area contributed by atoms with Crippen LogP contribution in [0, 0.1) is 0 Å². The normalized spacial score (nSPS) is 31.2. The number of imidazole rings is 1. The first-order chi connectivity index (χ1) is 9.72. The molecule has 2 aliphatic heterocycles. The Morgan fingerprint density at radius 3 is 3.15 bits per heavy atom. The molecule has 20 heavy (non-hydrogen) atoms. The number of likely N-dealkylation sites (tertiary alicyclic amines) is 1. The Kier molecular flexibility index (Phi) is 4.63. The van der Waals surface area contributed by atoms with Crippen molar-refractivity contribution in [2.75, 3.05) is 24.6 Å². The zero-order valence-electron chi connectivity index (χ0n) is 12.0. The average Bonchev–Trinajstić information content (AvgIpc) is 3.12. The highest BCUT2D eigenvalue weighted by Crippen LogP contribution is 2.23. The van der Waals surface area contributed by atoms with Crippen molar-refractivity contribution in [1.29, 1.82) is 0 Å². The first-order valence-electron chi connectivity index (χ1n) is 7.38. The first-order valence-corrected chi connectivity index (χ1v) is 8.53. The molecule has 0 saturated carbocycles. The van der Waals surface area contributed by atoms with E-state index in [1.165, 1.54) is 17.9 Å². The van der Waals surface area contributed by atoms with Crippen molar-refractivity contribution in [3.8, 4) is 0 Å². The Balaban J connectivity index is 1.55. The molecule has 1 N–H and O–H groups in total. The van der Waals surface area contributed by atoms with Crippen LogP contribution < -0.4 is 5.32 Å². The van der Waals surface area contributed by atoms with Gasteiger partial charge in [0.2, 0.25) is 0 Å². The third-order valence-corrected chi connectivity index (χ3v) is 5.48. The lowest BCUT2D eigenvalue weighted by molar-refractivity contribution is 0.220. The van der Waals surface area contributed by atoms with Crippen LogP contribution in [0.5, 0.6) is 0 Å². The minimum Gasteiger partial charge on any atom is -0.337 e. The molecule has 3 rings (SSSR count). The van der Waals surface area contributed by atoms with Gasteiger partial charge in [-0.1, -0.05) is 0 Å². The number of hydrogen-bond acceptors (Lipinski definition) is 4. The van der Waals surface area contributed by atoms with Gasteiger partial charge < -0.3 is 9.88 Å². The molecule has 4 nitrogen and oxygen atoms in total. The highest BCUT2D eigenvalue weighted by atomic mass is 32.2. The number of hydrogen-bond donors (Lipinski definition) is 1. The van der Waals surface area contributed by atoms with Gasteiger partial charge >= 0.3 is 0 Å². The summed E-state index contributed by atoms with van der Waals surface area (Å²) in [5, 5.41) is 3.61. The molecule has 0 bridgehead atoms. The minimum absolute atomic E-state index is 0.298. The lowest BCUT2D eigenvalue weighted by Gasteiger charge is -2.25. The van der Waals surface area contributed by atoms with E-state index in [1.54, 1.807) is 6.20 Å². The topological polar surface area (TPSA) is 33.1 Å². The fraction of sp³-hybridized carbons (Fsp3) is 0.786. The van der Waals surface area contributed by atoms with Gasteiger partial charge in [-0.15, -0.1) is 0 Å². The molecule has 1 aromatic heterocycles. The molecule has 0 unspecified atom stereocenters. The third-order valence-electron chi connectivity index (χ3n) is 4.31. The van der Waals surface area contributed by atoms with Crippen molar-refractivity contribution in [1.82, 2.24) is 19.8 Å². The summed E-state index contributed by atoms with van der Waals surface area (Å²) in [7, 11) is 1.99. The Labute approximate surface area is 124 Å². The predicted octanol–water partition coefficient (Wildman–Crippen LogP) is 1.43. The molecule has 3 heterocycles. The number of rotatable bonds is 5. The summed E-state index contributed by atoms with van der Waals surface area (Å²) in [6, 6.07) is 0.918. The number of halogens is 1. The molecule has 2 saturated heterocycles. The second kappa shape index (κ2) is 6.45. The Morgan fingerprint density at radius 2 is 2.45 bits per heavy atom. The molecule has 2 fully saturated rings. The Bertz CT molecular complexity index is 433. The fourth-order valence-corrected chi connectivity index (χ4v) is 4.24. The first kappa shape index (κ1) is 14.4. The third kappa shape index (κ3) is 3.35. The number of aromatic nitrogens is 2.